The van der Waals surface area contributed by atoms with E-state index >= 15 is 0 Å². The molecule has 0 radical (unpaired) electrons. The molecule has 4 aliphatic rings. The van der Waals surface area contributed by atoms with Crippen molar-refractivity contribution in [2.24, 2.45) is 22.7 Å². The minimum Gasteiger partial charge on any atom is -0.294 e. The molecule has 4 heteroatoms. The number of thioether (sulfide) groups is 2. The number of ketones is 2. The van der Waals surface area contributed by atoms with Crippen LogP contribution in [0.4, 0.5) is 0 Å². The lowest BCUT2D eigenvalue weighted by Crippen LogP contribution is -2.51. The van der Waals surface area contributed by atoms with E-state index in [4.69, 9.17) is 0 Å². The molecule has 0 N–H and O–H groups in total. The summed E-state index contributed by atoms with van der Waals surface area (Å²) in [6.45, 7) is 9.53. The number of rotatable bonds is 2. The molecule has 0 aromatic heterocycles. The third-order valence-corrected chi connectivity index (χ3v) is 11.3. The van der Waals surface area contributed by atoms with Crippen molar-refractivity contribution >= 4 is 35.1 Å². The normalized spacial score (nSPS) is 44.9. The Balaban J connectivity index is 1.66. The first-order valence-electron chi connectivity index (χ1n) is 10.5. The Bertz CT molecular complexity index is 724. The van der Waals surface area contributed by atoms with E-state index in [1.807, 2.05) is 0 Å². The van der Waals surface area contributed by atoms with Crippen molar-refractivity contribution in [2.75, 3.05) is 11.5 Å². The molecule has 0 aromatic carbocycles. The standard InChI is InChI=1S/C23H32O2S2/c1-14-6-5-7-18-22(14,3)9-8-15(2)23(18,4)13-16-12-17(24)20-21(19(16)25)27-11-10-26-20/h6,12,15,18,20-21H,5,7-11,13H2,1-4H3. The minimum absolute atomic E-state index is 0.0869. The zero-order valence-corrected chi connectivity index (χ0v) is 18.7. The first-order valence-corrected chi connectivity index (χ1v) is 12.6. The summed E-state index contributed by atoms with van der Waals surface area (Å²) in [5.74, 6) is 3.57. The molecular weight excluding hydrogens is 372 g/mol. The van der Waals surface area contributed by atoms with Crippen LogP contribution in [-0.2, 0) is 9.59 Å². The van der Waals surface area contributed by atoms with Crippen molar-refractivity contribution in [1.29, 1.82) is 0 Å². The van der Waals surface area contributed by atoms with Crippen molar-refractivity contribution < 1.29 is 9.59 Å². The fraction of sp³-hybridized carbons (Fsp3) is 0.739. The van der Waals surface area contributed by atoms with Crippen LogP contribution in [0.15, 0.2) is 23.3 Å². The Hall–Kier alpha value is -0.480. The average Bonchev–Trinajstić information content (AvgIpc) is 2.65. The van der Waals surface area contributed by atoms with Gasteiger partial charge in [-0.3, -0.25) is 9.59 Å². The summed E-state index contributed by atoms with van der Waals surface area (Å²) < 4.78 is 0. The molecule has 27 heavy (non-hydrogen) atoms. The zero-order valence-electron chi connectivity index (χ0n) is 17.0. The van der Waals surface area contributed by atoms with Crippen molar-refractivity contribution in [3.05, 3.63) is 23.3 Å². The summed E-state index contributed by atoms with van der Waals surface area (Å²) in [5, 5.41) is -0.278. The van der Waals surface area contributed by atoms with Crippen LogP contribution in [0.2, 0.25) is 0 Å². The van der Waals surface area contributed by atoms with Gasteiger partial charge in [-0.25, -0.2) is 0 Å². The fourth-order valence-corrected chi connectivity index (χ4v) is 9.13. The lowest BCUT2D eigenvalue weighted by atomic mass is 9.46. The molecule has 6 unspecified atom stereocenters. The third kappa shape index (κ3) is 3.10. The van der Waals surface area contributed by atoms with Crippen molar-refractivity contribution in [3.63, 3.8) is 0 Å². The third-order valence-electron chi connectivity index (χ3n) is 8.29. The van der Waals surface area contributed by atoms with E-state index < -0.39 is 0 Å². The first kappa shape index (κ1) is 19.8. The lowest BCUT2D eigenvalue weighted by molar-refractivity contribution is -0.121. The number of hydrogen-bond donors (Lipinski definition) is 0. The van der Waals surface area contributed by atoms with E-state index in [2.05, 4.69) is 33.8 Å². The molecule has 1 heterocycles. The Labute approximate surface area is 172 Å². The van der Waals surface area contributed by atoms with Gasteiger partial charge in [-0.1, -0.05) is 32.4 Å². The first-order chi connectivity index (χ1) is 12.8. The summed E-state index contributed by atoms with van der Waals surface area (Å²) in [6, 6.07) is 0. The second-order valence-corrected chi connectivity index (χ2v) is 12.1. The molecule has 6 atom stereocenters. The van der Waals surface area contributed by atoms with Gasteiger partial charge in [-0.15, -0.1) is 23.5 Å². The summed E-state index contributed by atoms with van der Waals surface area (Å²) >= 11 is 3.39. The Morgan fingerprint density at radius 1 is 1.11 bits per heavy atom. The van der Waals surface area contributed by atoms with Crippen LogP contribution in [0.1, 0.15) is 59.8 Å². The molecule has 0 amide bonds. The van der Waals surface area contributed by atoms with E-state index in [-0.39, 0.29) is 32.9 Å². The van der Waals surface area contributed by atoms with Gasteiger partial charge in [0.15, 0.2) is 11.6 Å². The van der Waals surface area contributed by atoms with Crippen LogP contribution in [0.3, 0.4) is 0 Å². The van der Waals surface area contributed by atoms with Crippen LogP contribution in [-0.4, -0.2) is 33.6 Å². The molecule has 148 valence electrons. The average molecular weight is 405 g/mol. The largest absolute Gasteiger partial charge is 0.294 e. The molecule has 1 saturated carbocycles. The molecule has 1 aliphatic heterocycles. The second kappa shape index (κ2) is 7.09. The maximum absolute atomic E-state index is 13.3. The van der Waals surface area contributed by atoms with Gasteiger partial charge in [0.25, 0.3) is 0 Å². The van der Waals surface area contributed by atoms with Gasteiger partial charge in [0.1, 0.15) is 0 Å². The maximum atomic E-state index is 13.3. The Kier molecular flexibility index (Phi) is 5.20. The monoisotopic (exact) mass is 404 g/mol. The van der Waals surface area contributed by atoms with Crippen LogP contribution in [0.5, 0.6) is 0 Å². The second-order valence-electron chi connectivity index (χ2n) is 9.58. The van der Waals surface area contributed by atoms with Gasteiger partial charge in [0, 0.05) is 17.1 Å². The number of carbonyl (C=O) groups is 2. The van der Waals surface area contributed by atoms with Crippen molar-refractivity contribution in [3.8, 4) is 0 Å². The molecule has 1 saturated heterocycles. The highest BCUT2D eigenvalue weighted by molar-refractivity contribution is 8.08. The quantitative estimate of drug-likeness (QED) is 0.572. The van der Waals surface area contributed by atoms with Crippen LogP contribution < -0.4 is 0 Å². The summed E-state index contributed by atoms with van der Waals surface area (Å²) in [7, 11) is 0. The van der Waals surface area contributed by atoms with E-state index in [0.717, 1.165) is 29.9 Å². The molecular formula is C23H32O2S2. The summed E-state index contributed by atoms with van der Waals surface area (Å²) in [4.78, 5) is 26.0. The summed E-state index contributed by atoms with van der Waals surface area (Å²) in [6.07, 6.45) is 9.76. The van der Waals surface area contributed by atoms with Gasteiger partial charge in [0.2, 0.25) is 0 Å². The molecule has 0 aromatic rings. The van der Waals surface area contributed by atoms with E-state index in [1.165, 1.54) is 24.8 Å². The Morgan fingerprint density at radius 3 is 2.56 bits per heavy atom. The van der Waals surface area contributed by atoms with Gasteiger partial charge in [-0.2, -0.15) is 0 Å². The maximum Gasteiger partial charge on any atom is 0.173 e. The molecule has 4 rings (SSSR count). The van der Waals surface area contributed by atoms with Crippen LogP contribution in [0, 0.1) is 22.7 Å². The van der Waals surface area contributed by atoms with E-state index in [0.29, 0.717) is 11.8 Å². The molecule has 3 aliphatic carbocycles. The van der Waals surface area contributed by atoms with Gasteiger partial charge in [-0.05, 0) is 67.8 Å². The molecule has 2 fully saturated rings. The van der Waals surface area contributed by atoms with Gasteiger partial charge in [0.05, 0.1) is 10.5 Å². The summed E-state index contributed by atoms with van der Waals surface area (Å²) in [5.41, 5.74) is 2.70. The molecule has 0 bridgehead atoms. The van der Waals surface area contributed by atoms with Crippen molar-refractivity contribution in [1.82, 2.24) is 0 Å². The number of fused-ring (bicyclic) bond motifs is 2. The number of hydrogen-bond acceptors (Lipinski definition) is 4. The topological polar surface area (TPSA) is 34.1 Å². The van der Waals surface area contributed by atoms with E-state index in [1.54, 1.807) is 29.6 Å². The highest BCUT2D eigenvalue weighted by atomic mass is 32.2. The van der Waals surface area contributed by atoms with Crippen molar-refractivity contribution in [2.45, 2.75) is 70.3 Å². The molecule has 2 nitrogen and oxygen atoms in total. The highest BCUT2D eigenvalue weighted by Crippen LogP contribution is 2.62. The van der Waals surface area contributed by atoms with Gasteiger partial charge < -0.3 is 0 Å². The fourth-order valence-electron chi connectivity index (χ4n) is 6.23. The Morgan fingerprint density at radius 2 is 1.81 bits per heavy atom. The predicted molar refractivity (Wildman–Crippen MR) is 116 cm³/mol. The SMILES string of the molecule is CC1=CCCC2C1(C)CCC(C)C2(C)CC1=CC(=O)C2SCCSC2C1=O. The van der Waals surface area contributed by atoms with Crippen LogP contribution in [0.25, 0.3) is 0 Å². The number of Topliss-reactive ketones (excluding diaryl/α,β-unsaturated/α-hetero) is 1. The lowest BCUT2D eigenvalue weighted by Gasteiger charge is -2.58. The van der Waals surface area contributed by atoms with Crippen LogP contribution >= 0.6 is 23.5 Å². The minimum atomic E-state index is -0.141. The molecule has 0 spiro atoms. The zero-order chi connectivity index (χ0) is 19.4. The number of allylic oxidation sites excluding steroid dienone is 4. The number of carbonyl (C=O) groups excluding carboxylic acids is 2. The van der Waals surface area contributed by atoms with Gasteiger partial charge >= 0.3 is 0 Å². The highest BCUT2D eigenvalue weighted by Gasteiger charge is 2.54. The smallest absolute Gasteiger partial charge is 0.173 e. The predicted octanol–water partition coefficient (Wildman–Crippen LogP) is 5.47. The van der Waals surface area contributed by atoms with E-state index in [9.17, 15) is 9.59 Å².